The van der Waals surface area contributed by atoms with Crippen LogP contribution in [0.2, 0.25) is 0 Å². The summed E-state index contributed by atoms with van der Waals surface area (Å²) in [5, 5.41) is 0. The molecule has 15 heavy (non-hydrogen) atoms. The van der Waals surface area contributed by atoms with E-state index < -0.39 is 5.79 Å². The molecule has 0 unspecified atom stereocenters. The summed E-state index contributed by atoms with van der Waals surface area (Å²) in [7, 11) is 0. The maximum absolute atomic E-state index is 5.77. The molecule has 0 aromatic heterocycles. The Morgan fingerprint density at radius 3 is 2.60 bits per heavy atom. The lowest BCUT2D eigenvalue weighted by Gasteiger charge is -2.28. The van der Waals surface area contributed by atoms with Crippen molar-refractivity contribution in [3.05, 3.63) is 33.8 Å². The molecule has 0 spiro atoms. The third-order valence-corrected chi connectivity index (χ3v) is 3.76. The molecule has 0 amide bonds. The molecule has 1 aliphatic rings. The van der Waals surface area contributed by atoms with Crippen molar-refractivity contribution in [3.63, 3.8) is 0 Å². The molecular formula is C12H15BrO2. The highest BCUT2D eigenvalue weighted by molar-refractivity contribution is 9.10. The fourth-order valence-corrected chi connectivity index (χ4v) is 2.39. The minimum absolute atomic E-state index is 0.520. The van der Waals surface area contributed by atoms with E-state index in [-0.39, 0.29) is 0 Å². The second kappa shape index (κ2) is 4.24. The molecule has 1 heterocycles. The van der Waals surface area contributed by atoms with Gasteiger partial charge in [-0.2, -0.15) is 0 Å². The average Bonchev–Trinajstić information content (AvgIpc) is 2.72. The fourth-order valence-electron chi connectivity index (χ4n) is 2.02. The first-order chi connectivity index (χ1) is 7.19. The van der Waals surface area contributed by atoms with Crippen LogP contribution >= 0.6 is 15.9 Å². The molecule has 0 aliphatic carbocycles. The average molecular weight is 271 g/mol. The maximum atomic E-state index is 5.77. The zero-order chi connectivity index (χ0) is 10.9. The van der Waals surface area contributed by atoms with E-state index in [0.29, 0.717) is 13.2 Å². The van der Waals surface area contributed by atoms with E-state index in [1.54, 1.807) is 0 Å². The predicted octanol–water partition coefficient (Wildman–Crippen LogP) is 3.37. The molecule has 1 aromatic carbocycles. The Morgan fingerprint density at radius 1 is 1.33 bits per heavy atom. The van der Waals surface area contributed by atoms with Crippen LogP contribution in [0.5, 0.6) is 0 Å². The standard InChI is InChI=1S/C12H15BrO2/c1-3-12(14-7-8-15-12)10-5-4-6-11(13)9(10)2/h4-6H,3,7-8H2,1-2H3. The van der Waals surface area contributed by atoms with Crippen molar-refractivity contribution < 1.29 is 9.47 Å². The Balaban J connectivity index is 2.47. The zero-order valence-corrected chi connectivity index (χ0v) is 10.6. The number of halogens is 1. The quantitative estimate of drug-likeness (QED) is 0.821. The van der Waals surface area contributed by atoms with Gasteiger partial charge in [0.1, 0.15) is 0 Å². The number of hydrogen-bond donors (Lipinski definition) is 0. The van der Waals surface area contributed by atoms with E-state index in [2.05, 4.69) is 35.8 Å². The fraction of sp³-hybridized carbons (Fsp3) is 0.500. The van der Waals surface area contributed by atoms with Crippen LogP contribution in [0.25, 0.3) is 0 Å². The van der Waals surface area contributed by atoms with Crippen LogP contribution in [-0.2, 0) is 15.3 Å². The molecule has 0 radical (unpaired) electrons. The minimum Gasteiger partial charge on any atom is -0.343 e. The molecule has 1 aromatic rings. The van der Waals surface area contributed by atoms with Gasteiger partial charge in [0.05, 0.1) is 13.2 Å². The van der Waals surface area contributed by atoms with Crippen molar-refractivity contribution in [1.82, 2.24) is 0 Å². The van der Waals surface area contributed by atoms with Gasteiger partial charge in [0, 0.05) is 16.5 Å². The lowest BCUT2D eigenvalue weighted by Crippen LogP contribution is -2.27. The predicted molar refractivity (Wildman–Crippen MR) is 62.8 cm³/mol. The van der Waals surface area contributed by atoms with Crippen LogP contribution < -0.4 is 0 Å². The lowest BCUT2D eigenvalue weighted by atomic mass is 9.98. The van der Waals surface area contributed by atoms with Gasteiger partial charge in [-0.15, -0.1) is 0 Å². The van der Waals surface area contributed by atoms with Gasteiger partial charge in [-0.1, -0.05) is 35.0 Å². The maximum Gasteiger partial charge on any atom is 0.195 e. The largest absolute Gasteiger partial charge is 0.343 e. The highest BCUT2D eigenvalue weighted by Gasteiger charge is 2.37. The van der Waals surface area contributed by atoms with Crippen molar-refractivity contribution in [2.75, 3.05) is 13.2 Å². The summed E-state index contributed by atoms with van der Waals surface area (Å²) in [5.41, 5.74) is 2.33. The lowest BCUT2D eigenvalue weighted by molar-refractivity contribution is -0.168. The van der Waals surface area contributed by atoms with E-state index in [1.165, 1.54) is 5.56 Å². The first-order valence-electron chi connectivity index (χ1n) is 5.23. The Morgan fingerprint density at radius 2 is 2.00 bits per heavy atom. The third-order valence-electron chi connectivity index (χ3n) is 2.90. The Kier molecular flexibility index (Phi) is 3.14. The Bertz CT molecular complexity index is 357. The molecule has 0 saturated carbocycles. The smallest absolute Gasteiger partial charge is 0.195 e. The van der Waals surface area contributed by atoms with Gasteiger partial charge < -0.3 is 9.47 Å². The number of hydrogen-bond acceptors (Lipinski definition) is 2. The molecule has 1 aliphatic heterocycles. The first-order valence-corrected chi connectivity index (χ1v) is 6.02. The Labute approximate surface area is 98.7 Å². The molecular weight excluding hydrogens is 256 g/mol. The summed E-state index contributed by atoms with van der Waals surface area (Å²) >= 11 is 3.54. The third kappa shape index (κ3) is 1.84. The summed E-state index contributed by atoms with van der Waals surface area (Å²) in [6.07, 6.45) is 0.838. The molecule has 0 bridgehead atoms. The van der Waals surface area contributed by atoms with Gasteiger partial charge >= 0.3 is 0 Å². The minimum atomic E-state index is -0.520. The van der Waals surface area contributed by atoms with Gasteiger partial charge in [0.2, 0.25) is 0 Å². The molecule has 82 valence electrons. The van der Waals surface area contributed by atoms with Gasteiger partial charge in [-0.3, -0.25) is 0 Å². The van der Waals surface area contributed by atoms with Gasteiger partial charge in [0.25, 0.3) is 0 Å². The van der Waals surface area contributed by atoms with Gasteiger partial charge in [-0.25, -0.2) is 0 Å². The van der Waals surface area contributed by atoms with Gasteiger partial charge in [0.15, 0.2) is 5.79 Å². The molecule has 1 fully saturated rings. The number of rotatable bonds is 2. The van der Waals surface area contributed by atoms with Crippen LogP contribution in [0.15, 0.2) is 22.7 Å². The van der Waals surface area contributed by atoms with Crippen molar-refractivity contribution in [1.29, 1.82) is 0 Å². The normalized spacial score (nSPS) is 19.4. The molecule has 0 atom stereocenters. The van der Waals surface area contributed by atoms with E-state index in [4.69, 9.17) is 9.47 Å². The van der Waals surface area contributed by atoms with Crippen molar-refractivity contribution in [3.8, 4) is 0 Å². The van der Waals surface area contributed by atoms with Crippen molar-refractivity contribution in [2.45, 2.75) is 26.1 Å². The van der Waals surface area contributed by atoms with E-state index in [9.17, 15) is 0 Å². The van der Waals surface area contributed by atoms with E-state index in [1.807, 2.05) is 12.1 Å². The molecule has 2 nitrogen and oxygen atoms in total. The first kappa shape index (κ1) is 11.1. The summed E-state index contributed by atoms with van der Waals surface area (Å²) in [6, 6.07) is 6.14. The monoisotopic (exact) mass is 270 g/mol. The highest BCUT2D eigenvalue weighted by Crippen LogP contribution is 2.38. The summed E-state index contributed by atoms with van der Waals surface area (Å²) in [5.74, 6) is -0.520. The van der Waals surface area contributed by atoms with E-state index in [0.717, 1.165) is 16.5 Å². The van der Waals surface area contributed by atoms with Crippen LogP contribution in [0.4, 0.5) is 0 Å². The van der Waals surface area contributed by atoms with Crippen LogP contribution in [-0.4, -0.2) is 13.2 Å². The topological polar surface area (TPSA) is 18.5 Å². The van der Waals surface area contributed by atoms with Gasteiger partial charge in [-0.05, 0) is 18.6 Å². The summed E-state index contributed by atoms with van der Waals surface area (Å²) in [4.78, 5) is 0. The Hall–Kier alpha value is -0.380. The van der Waals surface area contributed by atoms with Crippen molar-refractivity contribution >= 4 is 15.9 Å². The second-order valence-electron chi connectivity index (χ2n) is 3.72. The summed E-state index contributed by atoms with van der Waals surface area (Å²) in [6.45, 7) is 5.53. The van der Waals surface area contributed by atoms with Crippen molar-refractivity contribution in [2.24, 2.45) is 0 Å². The SMILES string of the molecule is CCC1(c2cccc(Br)c2C)OCCO1. The molecule has 1 saturated heterocycles. The number of ether oxygens (including phenoxy) is 2. The molecule has 2 rings (SSSR count). The molecule has 0 N–H and O–H groups in total. The van der Waals surface area contributed by atoms with E-state index >= 15 is 0 Å². The van der Waals surface area contributed by atoms with Crippen LogP contribution in [0, 0.1) is 6.92 Å². The second-order valence-corrected chi connectivity index (χ2v) is 4.57. The number of benzene rings is 1. The zero-order valence-electron chi connectivity index (χ0n) is 9.05. The highest BCUT2D eigenvalue weighted by atomic mass is 79.9. The summed E-state index contributed by atoms with van der Waals surface area (Å²) < 4.78 is 12.6. The molecule has 3 heteroatoms. The van der Waals surface area contributed by atoms with Crippen LogP contribution in [0.3, 0.4) is 0 Å². The van der Waals surface area contributed by atoms with Crippen LogP contribution in [0.1, 0.15) is 24.5 Å².